The molecule has 0 N–H and O–H groups in total. The summed E-state index contributed by atoms with van der Waals surface area (Å²) in [6.45, 7) is 5.32. The molecule has 0 saturated carbocycles. The highest BCUT2D eigenvalue weighted by atomic mass is 16.2. The number of nitrogens with zero attached hydrogens (tertiary/aromatic N) is 3. The number of aromatic nitrogens is 1. The van der Waals surface area contributed by atoms with Crippen LogP contribution in [0.1, 0.15) is 30.7 Å². The van der Waals surface area contributed by atoms with Crippen molar-refractivity contribution in [3.63, 3.8) is 0 Å². The Bertz CT molecular complexity index is 456. The zero-order chi connectivity index (χ0) is 13.3. The Hall–Kier alpha value is -1.58. The van der Waals surface area contributed by atoms with E-state index in [1.807, 2.05) is 25.9 Å². The van der Waals surface area contributed by atoms with Gasteiger partial charge < -0.3 is 9.80 Å². The predicted molar refractivity (Wildman–Crippen MR) is 72.9 cm³/mol. The first kappa shape index (κ1) is 12.9. The molecule has 4 nitrogen and oxygen atoms in total. The fraction of sp³-hybridized carbons (Fsp3) is 0.571. The van der Waals surface area contributed by atoms with E-state index in [2.05, 4.69) is 22.0 Å². The van der Waals surface area contributed by atoms with Gasteiger partial charge in [-0.1, -0.05) is 0 Å². The van der Waals surface area contributed by atoms with Gasteiger partial charge in [0.05, 0.1) is 0 Å². The first-order valence-electron chi connectivity index (χ1n) is 6.39. The SMILES string of the molecule is CC(=O)N1CC[C@@H](c2cc(N(C)C)cc(C)n2)C1. The van der Waals surface area contributed by atoms with E-state index >= 15 is 0 Å². The molecular formula is C14H21N3O. The number of carbonyl (C=O) groups is 1. The van der Waals surface area contributed by atoms with Crippen molar-refractivity contribution >= 4 is 11.6 Å². The minimum absolute atomic E-state index is 0.165. The van der Waals surface area contributed by atoms with E-state index in [-0.39, 0.29) is 5.91 Å². The number of anilines is 1. The molecule has 2 rings (SSSR count). The fourth-order valence-electron chi connectivity index (χ4n) is 2.43. The van der Waals surface area contributed by atoms with Gasteiger partial charge in [0, 0.05) is 57.1 Å². The van der Waals surface area contributed by atoms with Gasteiger partial charge in [0.2, 0.25) is 5.91 Å². The van der Waals surface area contributed by atoms with Crippen molar-refractivity contribution in [2.24, 2.45) is 0 Å². The highest BCUT2D eigenvalue weighted by Gasteiger charge is 2.26. The van der Waals surface area contributed by atoms with E-state index in [9.17, 15) is 4.79 Å². The molecule has 1 aromatic heterocycles. The van der Waals surface area contributed by atoms with Crippen molar-refractivity contribution in [2.75, 3.05) is 32.1 Å². The second-order valence-electron chi connectivity index (χ2n) is 5.24. The molecule has 0 bridgehead atoms. The van der Waals surface area contributed by atoms with Gasteiger partial charge in [0.1, 0.15) is 0 Å². The molecule has 4 heteroatoms. The average molecular weight is 247 g/mol. The highest BCUT2D eigenvalue weighted by Crippen LogP contribution is 2.28. The van der Waals surface area contributed by atoms with Crippen molar-refractivity contribution in [2.45, 2.75) is 26.2 Å². The van der Waals surface area contributed by atoms with E-state index in [0.717, 1.165) is 30.9 Å². The number of hydrogen-bond donors (Lipinski definition) is 0. The van der Waals surface area contributed by atoms with E-state index in [4.69, 9.17) is 0 Å². The molecule has 1 amide bonds. The van der Waals surface area contributed by atoms with Crippen molar-refractivity contribution < 1.29 is 4.79 Å². The largest absolute Gasteiger partial charge is 0.378 e. The van der Waals surface area contributed by atoms with Gasteiger partial charge in [-0.3, -0.25) is 9.78 Å². The molecule has 98 valence electrons. The molecule has 1 aromatic rings. The number of carbonyl (C=O) groups excluding carboxylic acids is 1. The molecule has 0 spiro atoms. The fourth-order valence-corrected chi connectivity index (χ4v) is 2.43. The highest BCUT2D eigenvalue weighted by molar-refractivity contribution is 5.73. The van der Waals surface area contributed by atoms with Crippen LogP contribution in [0.15, 0.2) is 12.1 Å². The summed E-state index contributed by atoms with van der Waals surface area (Å²) in [6, 6.07) is 4.22. The second-order valence-corrected chi connectivity index (χ2v) is 5.24. The lowest BCUT2D eigenvalue weighted by molar-refractivity contribution is -0.127. The summed E-state index contributed by atoms with van der Waals surface area (Å²) in [7, 11) is 4.07. The average Bonchev–Trinajstić information content (AvgIpc) is 2.77. The van der Waals surface area contributed by atoms with Crippen LogP contribution in [0.25, 0.3) is 0 Å². The Morgan fingerprint density at radius 1 is 1.44 bits per heavy atom. The number of likely N-dealkylation sites (tertiary alicyclic amines) is 1. The molecule has 0 aliphatic carbocycles. The summed E-state index contributed by atoms with van der Waals surface area (Å²) >= 11 is 0. The number of aryl methyl sites for hydroxylation is 1. The van der Waals surface area contributed by atoms with E-state index in [0.29, 0.717) is 5.92 Å². The Kier molecular flexibility index (Phi) is 3.55. The normalized spacial score (nSPS) is 19.1. The molecule has 2 heterocycles. The topological polar surface area (TPSA) is 36.4 Å². The summed E-state index contributed by atoms with van der Waals surface area (Å²) in [6.07, 6.45) is 1.02. The van der Waals surface area contributed by atoms with Crippen LogP contribution in [0.5, 0.6) is 0 Å². The van der Waals surface area contributed by atoms with Gasteiger partial charge in [-0.15, -0.1) is 0 Å². The van der Waals surface area contributed by atoms with Gasteiger partial charge in [0.25, 0.3) is 0 Å². The van der Waals surface area contributed by atoms with Gasteiger partial charge in [-0.2, -0.15) is 0 Å². The Labute approximate surface area is 109 Å². The first-order valence-corrected chi connectivity index (χ1v) is 6.39. The number of rotatable bonds is 2. The van der Waals surface area contributed by atoms with Crippen LogP contribution in [-0.2, 0) is 4.79 Å². The molecule has 1 saturated heterocycles. The summed E-state index contributed by atoms with van der Waals surface area (Å²) in [5.41, 5.74) is 3.33. The van der Waals surface area contributed by atoms with Crippen LogP contribution in [0.3, 0.4) is 0 Å². The standard InChI is InChI=1S/C14H21N3O/c1-10-7-13(16(3)4)8-14(15-10)12-5-6-17(9-12)11(2)18/h7-8,12H,5-6,9H2,1-4H3/t12-/m1/s1. The Balaban J connectivity index is 2.21. The molecule has 18 heavy (non-hydrogen) atoms. The van der Waals surface area contributed by atoms with Crippen LogP contribution in [0, 0.1) is 6.92 Å². The Morgan fingerprint density at radius 3 is 2.72 bits per heavy atom. The van der Waals surface area contributed by atoms with Crippen LogP contribution in [-0.4, -0.2) is 43.0 Å². The Morgan fingerprint density at radius 2 is 2.17 bits per heavy atom. The molecule has 1 atom stereocenters. The van der Waals surface area contributed by atoms with Gasteiger partial charge >= 0.3 is 0 Å². The zero-order valence-electron chi connectivity index (χ0n) is 11.6. The van der Waals surface area contributed by atoms with Crippen molar-refractivity contribution in [3.05, 3.63) is 23.5 Å². The van der Waals surface area contributed by atoms with Crippen LogP contribution in [0.4, 0.5) is 5.69 Å². The van der Waals surface area contributed by atoms with E-state index in [1.165, 1.54) is 5.69 Å². The number of hydrogen-bond acceptors (Lipinski definition) is 3. The second kappa shape index (κ2) is 4.96. The summed E-state index contributed by atoms with van der Waals surface area (Å²) in [4.78, 5) is 20.0. The van der Waals surface area contributed by atoms with Crippen molar-refractivity contribution in [1.82, 2.24) is 9.88 Å². The zero-order valence-corrected chi connectivity index (χ0v) is 11.6. The van der Waals surface area contributed by atoms with Gasteiger partial charge in [-0.05, 0) is 25.5 Å². The third kappa shape index (κ3) is 2.63. The van der Waals surface area contributed by atoms with Crippen molar-refractivity contribution in [1.29, 1.82) is 0 Å². The van der Waals surface area contributed by atoms with E-state index < -0.39 is 0 Å². The summed E-state index contributed by atoms with van der Waals surface area (Å²) in [5.74, 6) is 0.547. The minimum atomic E-state index is 0.165. The van der Waals surface area contributed by atoms with Gasteiger partial charge in [0.15, 0.2) is 0 Å². The predicted octanol–water partition coefficient (Wildman–Crippen LogP) is 1.79. The van der Waals surface area contributed by atoms with E-state index in [1.54, 1.807) is 6.92 Å². The molecule has 1 aliphatic rings. The third-order valence-electron chi connectivity index (χ3n) is 3.53. The van der Waals surface area contributed by atoms with Gasteiger partial charge in [-0.25, -0.2) is 0 Å². The number of pyridine rings is 1. The smallest absolute Gasteiger partial charge is 0.219 e. The molecule has 1 aliphatic heterocycles. The maximum Gasteiger partial charge on any atom is 0.219 e. The summed E-state index contributed by atoms with van der Waals surface area (Å²) in [5, 5.41) is 0. The monoisotopic (exact) mass is 247 g/mol. The first-order chi connectivity index (χ1) is 8.47. The van der Waals surface area contributed by atoms with Crippen LogP contribution in [0.2, 0.25) is 0 Å². The molecule has 0 unspecified atom stereocenters. The molecule has 0 aromatic carbocycles. The van der Waals surface area contributed by atoms with Crippen LogP contribution < -0.4 is 4.90 Å². The maximum atomic E-state index is 11.4. The third-order valence-corrected chi connectivity index (χ3v) is 3.53. The molecule has 0 radical (unpaired) electrons. The number of amides is 1. The lowest BCUT2D eigenvalue weighted by Gasteiger charge is -2.17. The lowest BCUT2D eigenvalue weighted by atomic mass is 10.0. The maximum absolute atomic E-state index is 11.4. The molecule has 1 fully saturated rings. The lowest BCUT2D eigenvalue weighted by Crippen LogP contribution is -2.25. The summed E-state index contributed by atoms with van der Waals surface area (Å²) < 4.78 is 0. The minimum Gasteiger partial charge on any atom is -0.378 e. The quantitative estimate of drug-likeness (QED) is 0.799. The van der Waals surface area contributed by atoms with Crippen molar-refractivity contribution in [3.8, 4) is 0 Å². The van der Waals surface area contributed by atoms with Crippen LogP contribution >= 0.6 is 0 Å². The molecular weight excluding hydrogens is 226 g/mol.